The lowest BCUT2D eigenvalue weighted by molar-refractivity contribution is -0.159. The van der Waals surface area contributed by atoms with Gasteiger partial charge in [-0.05, 0) is 36.6 Å². The van der Waals surface area contributed by atoms with E-state index in [9.17, 15) is 18.0 Å². The molecule has 5 nitrogen and oxygen atoms in total. The van der Waals surface area contributed by atoms with Gasteiger partial charge in [-0.1, -0.05) is 23.4 Å². The Hall–Kier alpha value is -2.68. The smallest absolute Gasteiger partial charge is 0.333 e. The molecule has 0 atom stereocenters. The first-order chi connectivity index (χ1) is 12.8. The van der Waals surface area contributed by atoms with Crippen molar-refractivity contribution in [1.29, 1.82) is 0 Å². The molecule has 3 heterocycles. The highest BCUT2D eigenvalue weighted by atomic mass is 32.1. The van der Waals surface area contributed by atoms with Crippen molar-refractivity contribution in [2.45, 2.75) is 26.1 Å². The molecule has 9 heteroatoms. The lowest BCUT2D eigenvalue weighted by Crippen LogP contribution is -2.35. The SMILES string of the molecule is Cc1ccccc1C(=O)N1CCc2cc(-c3noc(C(F)(F)F)n3)sc2C1. The molecule has 0 bridgehead atoms. The number of carbonyl (C=O) groups is 1. The quantitative estimate of drug-likeness (QED) is 0.651. The van der Waals surface area contributed by atoms with E-state index in [0.717, 1.165) is 16.0 Å². The third-order valence-corrected chi connectivity index (χ3v) is 5.59. The Balaban J connectivity index is 1.57. The largest absolute Gasteiger partial charge is 0.471 e. The molecule has 0 saturated carbocycles. The molecule has 1 aromatic carbocycles. The number of rotatable bonds is 2. The van der Waals surface area contributed by atoms with Crippen molar-refractivity contribution >= 4 is 17.2 Å². The number of thiophene rings is 1. The van der Waals surface area contributed by atoms with Crippen molar-refractivity contribution in [1.82, 2.24) is 15.0 Å². The second-order valence-corrected chi connectivity index (χ2v) is 7.41. The maximum absolute atomic E-state index is 12.8. The van der Waals surface area contributed by atoms with E-state index in [2.05, 4.69) is 14.7 Å². The van der Waals surface area contributed by atoms with Gasteiger partial charge in [-0.2, -0.15) is 18.2 Å². The Morgan fingerprint density at radius 1 is 1.30 bits per heavy atom. The first-order valence-corrected chi connectivity index (χ1v) is 9.02. The van der Waals surface area contributed by atoms with Crippen molar-refractivity contribution in [2.75, 3.05) is 6.54 Å². The molecule has 2 aromatic heterocycles. The summed E-state index contributed by atoms with van der Waals surface area (Å²) in [5.74, 6) is -1.49. The molecule has 1 amide bonds. The normalized spacial score (nSPS) is 14.3. The minimum atomic E-state index is -4.67. The van der Waals surface area contributed by atoms with E-state index >= 15 is 0 Å². The van der Waals surface area contributed by atoms with Crippen LogP contribution in [-0.4, -0.2) is 27.5 Å². The average molecular weight is 393 g/mol. The maximum Gasteiger partial charge on any atom is 0.471 e. The molecule has 0 spiro atoms. The van der Waals surface area contributed by atoms with Crippen LogP contribution in [0.4, 0.5) is 13.2 Å². The van der Waals surface area contributed by atoms with Crippen molar-refractivity contribution < 1.29 is 22.5 Å². The standard InChI is InChI=1S/C18H14F3N3O2S/c1-10-4-2-3-5-12(10)16(25)24-7-6-11-8-13(27-14(11)9-24)15-22-17(26-23-15)18(19,20)21/h2-5,8H,6-7,9H2,1H3. The number of aryl methyl sites for hydroxylation is 1. The molecule has 0 unspecified atom stereocenters. The van der Waals surface area contributed by atoms with Crippen LogP contribution in [0.5, 0.6) is 0 Å². The zero-order valence-corrected chi connectivity index (χ0v) is 15.0. The third-order valence-electron chi connectivity index (χ3n) is 4.43. The topological polar surface area (TPSA) is 59.2 Å². The van der Waals surface area contributed by atoms with E-state index in [-0.39, 0.29) is 11.7 Å². The van der Waals surface area contributed by atoms with E-state index in [1.54, 1.807) is 17.0 Å². The number of nitrogens with zero attached hydrogens (tertiary/aromatic N) is 3. The van der Waals surface area contributed by atoms with Gasteiger partial charge < -0.3 is 9.42 Å². The summed E-state index contributed by atoms with van der Waals surface area (Å²) in [5.41, 5.74) is 2.57. The number of alkyl halides is 3. The van der Waals surface area contributed by atoms with Gasteiger partial charge in [0.15, 0.2) is 0 Å². The van der Waals surface area contributed by atoms with Crippen LogP contribution < -0.4 is 0 Å². The Morgan fingerprint density at radius 3 is 2.78 bits per heavy atom. The number of carbonyl (C=O) groups excluding carboxylic acids is 1. The summed E-state index contributed by atoms with van der Waals surface area (Å²) >= 11 is 1.29. The lowest BCUT2D eigenvalue weighted by Gasteiger charge is -2.27. The van der Waals surface area contributed by atoms with Gasteiger partial charge in [0, 0.05) is 17.0 Å². The van der Waals surface area contributed by atoms with Crippen LogP contribution in [0.2, 0.25) is 0 Å². The Morgan fingerprint density at radius 2 is 2.07 bits per heavy atom. The van der Waals surface area contributed by atoms with Gasteiger partial charge in [0.05, 0.1) is 11.4 Å². The lowest BCUT2D eigenvalue weighted by atomic mass is 10.0. The van der Waals surface area contributed by atoms with Crippen LogP contribution in [0, 0.1) is 6.92 Å². The van der Waals surface area contributed by atoms with Crippen molar-refractivity contribution in [3.63, 3.8) is 0 Å². The molecule has 140 valence electrons. The Kier molecular flexibility index (Phi) is 4.26. The predicted molar refractivity (Wildman–Crippen MR) is 92.2 cm³/mol. The molecule has 0 saturated heterocycles. The number of hydrogen-bond acceptors (Lipinski definition) is 5. The number of amides is 1. The number of aromatic nitrogens is 2. The van der Waals surface area contributed by atoms with E-state index in [0.29, 0.717) is 30.0 Å². The van der Waals surface area contributed by atoms with Gasteiger partial charge in [-0.15, -0.1) is 11.3 Å². The minimum absolute atomic E-state index is 0.0485. The Labute approximate surface area is 156 Å². The van der Waals surface area contributed by atoms with Gasteiger partial charge in [-0.25, -0.2) is 0 Å². The van der Waals surface area contributed by atoms with Gasteiger partial charge in [0.25, 0.3) is 5.91 Å². The predicted octanol–water partition coefficient (Wildman–Crippen LogP) is 4.32. The number of fused-ring (bicyclic) bond motifs is 1. The van der Waals surface area contributed by atoms with Gasteiger partial charge >= 0.3 is 12.1 Å². The molecule has 0 radical (unpaired) electrons. The van der Waals surface area contributed by atoms with E-state index in [4.69, 9.17) is 0 Å². The molecular formula is C18H14F3N3O2S. The van der Waals surface area contributed by atoms with Crippen LogP contribution in [0.1, 0.15) is 32.3 Å². The zero-order valence-electron chi connectivity index (χ0n) is 14.2. The number of halogens is 3. The molecule has 4 rings (SSSR count). The highest BCUT2D eigenvalue weighted by Crippen LogP contribution is 2.36. The third kappa shape index (κ3) is 3.34. The molecular weight excluding hydrogens is 379 g/mol. The van der Waals surface area contributed by atoms with Crippen molar-refractivity contribution in [2.24, 2.45) is 0 Å². The van der Waals surface area contributed by atoms with Crippen LogP contribution in [0.25, 0.3) is 10.7 Å². The molecule has 1 aliphatic rings. The molecule has 0 aliphatic carbocycles. The van der Waals surface area contributed by atoms with Crippen LogP contribution in [0.15, 0.2) is 34.9 Å². The summed E-state index contributed by atoms with van der Waals surface area (Å²) in [4.78, 5) is 19.4. The van der Waals surface area contributed by atoms with E-state index in [1.807, 2.05) is 25.1 Å². The summed E-state index contributed by atoms with van der Waals surface area (Å²) in [6.45, 7) is 2.86. The summed E-state index contributed by atoms with van der Waals surface area (Å²) in [6, 6.07) is 9.17. The molecule has 0 fully saturated rings. The first kappa shape index (κ1) is 17.7. The second kappa shape index (κ2) is 6.49. The number of benzene rings is 1. The molecule has 1 aliphatic heterocycles. The summed E-state index contributed by atoms with van der Waals surface area (Å²) in [7, 11) is 0. The van der Waals surface area contributed by atoms with Gasteiger partial charge in [-0.3, -0.25) is 4.79 Å². The zero-order chi connectivity index (χ0) is 19.2. The van der Waals surface area contributed by atoms with Gasteiger partial charge in [0.1, 0.15) is 0 Å². The Bertz CT molecular complexity index is 1010. The fourth-order valence-electron chi connectivity index (χ4n) is 3.03. The summed E-state index contributed by atoms with van der Waals surface area (Å²) in [5, 5.41) is 3.43. The van der Waals surface area contributed by atoms with Crippen LogP contribution in [-0.2, 0) is 19.1 Å². The maximum atomic E-state index is 12.8. The minimum Gasteiger partial charge on any atom is -0.333 e. The fraction of sp³-hybridized carbons (Fsp3) is 0.278. The monoisotopic (exact) mass is 393 g/mol. The highest BCUT2D eigenvalue weighted by Gasteiger charge is 2.38. The van der Waals surface area contributed by atoms with Crippen molar-refractivity contribution in [3.05, 3.63) is 57.8 Å². The van der Waals surface area contributed by atoms with Gasteiger partial charge in [0.2, 0.25) is 5.82 Å². The summed E-state index contributed by atoms with van der Waals surface area (Å²) < 4.78 is 42.2. The van der Waals surface area contributed by atoms with Crippen LogP contribution >= 0.6 is 11.3 Å². The first-order valence-electron chi connectivity index (χ1n) is 8.20. The highest BCUT2D eigenvalue weighted by molar-refractivity contribution is 7.15. The molecule has 3 aromatic rings. The molecule has 0 N–H and O–H groups in total. The van der Waals surface area contributed by atoms with Crippen LogP contribution in [0.3, 0.4) is 0 Å². The summed E-state index contributed by atoms with van der Waals surface area (Å²) in [6.07, 6.45) is -4.04. The van der Waals surface area contributed by atoms with Crippen molar-refractivity contribution in [3.8, 4) is 10.7 Å². The van der Waals surface area contributed by atoms with E-state index < -0.39 is 12.1 Å². The number of hydrogen-bond donors (Lipinski definition) is 0. The fourth-order valence-corrected chi connectivity index (χ4v) is 4.18. The average Bonchev–Trinajstić information content (AvgIpc) is 3.27. The molecule has 27 heavy (non-hydrogen) atoms. The second-order valence-electron chi connectivity index (χ2n) is 6.27. The van der Waals surface area contributed by atoms with E-state index in [1.165, 1.54) is 11.3 Å².